The highest BCUT2D eigenvalue weighted by Crippen LogP contribution is 2.34. The number of pyridine rings is 1. The number of nitrogens with zero attached hydrogens (tertiary/aromatic N) is 5. The fourth-order valence-electron chi connectivity index (χ4n) is 5.10. The summed E-state index contributed by atoms with van der Waals surface area (Å²) in [4.78, 5) is 19.8. The highest BCUT2D eigenvalue weighted by Gasteiger charge is 2.26. The topological polar surface area (TPSA) is 98.2 Å². The molecule has 1 atom stereocenters. The summed E-state index contributed by atoms with van der Waals surface area (Å²) in [6.07, 6.45) is 1.63. The predicted molar refractivity (Wildman–Crippen MR) is 150 cm³/mol. The van der Waals surface area contributed by atoms with E-state index in [1.807, 2.05) is 41.1 Å². The zero-order valence-electron chi connectivity index (χ0n) is 21.7. The first kappa shape index (κ1) is 25.3. The number of H-pyrrole nitrogens is 1. The molecule has 200 valence electrons. The van der Waals surface area contributed by atoms with E-state index >= 15 is 0 Å². The lowest BCUT2D eigenvalue weighted by molar-refractivity contribution is 0.162. The van der Waals surface area contributed by atoms with E-state index in [1.165, 1.54) is 10.4 Å². The van der Waals surface area contributed by atoms with E-state index in [1.54, 1.807) is 11.3 Å². The zero-order chi connectivity index (χ0) is 26.6. The smallest absolute Gasteiger partial charge is 0.252 e. The number of hydrogen-bond acceptors (Lipinski definition) is 8. The quantitative estimate of drug-likeness (QED) is 0.272. The Morgan fingerprint density at radius 1 is 1.05 bits per heavy atom. The molecule has 0 radical (unpaired) electrons. The van der Waals surface area contributed by atoms with Crippen molar-refractivity contribution in [2.24, 2.45) is 0 Å². The number of rotatable bonds is 10. The van der Waals surface area contributed by atoms with Crippen LogP contribution in [0.2, 0.25) is 0 Å². The second kappa shape index (κ2) is 11.4. The fourth-order valence-corrected chi connectivity index (χ4v) is 5.83. The highest BCUT2D eigenvalue weighted by molar-refractivity contribution is 7.09. The van der Waals surface area contributed by atoms with Crippen LogP contribution in [0.4, 0.5) is 0 Å². The van der Waals surface area contributed by atoms with Crippen LogP contribution in [0.25, 0.3) is 10.9 Å². The molecule has 0 amide bonds. The Morgan fingerprint density at radius 3 is 2.64 bits per heavy atom. The van der Waals surface area contributed by atoms with Gasteiger partial charge in [0.25, 0.3) is 5.56 Å². The normalized spacial score (nSPS) is 13.7. The minimum atomic E-state index is -0.117. The maximum atomic E-state index is 13.3. The maximum absolute atomic E-state index is 13.3. The summed E-state index contributed by atoms with van der Waals surface area (Å²) >= 11 is 1.70. The van der Waals surface area contributed by atoms with Crippen LogP contribution in [-0.2, 0) is 26.1 Å². The van der Waals surface area contributed by atoms with Gasteiger partial charge in [0.15, 0.2) is 17.3 Å². The number of thiophene rings is 1. The van der Waals surface area contributed by atoms with E-state index in [-0.39, 0.29) is 11.6 Å². The number of nitrogens with one attached hydrogen (secondary N) is 1. The molecule has 0 bridgehead atoms. The third-order valence-electron chi connectivity index (χ3n) is 7.04. The molecule has 0 aliphatic carbocycles. The molecule has 1 aliphatic heterocycles. The molecular formula is C29H30N6O3S. The summed E-state index contributed by atoms with van der Waals surface area (Å²) in [5, 5.41) is 15.8. The Labute approximate surface area is 230 Å². The summed E-state index contributed by atoms with van der Waals surface area (Å²) in [5.41, 5.74) is 2.53. The van der Waals surface area contributed by atoms with Crippen molar-refractivity contribution in [1.29, 1.82) is 0 Å². The number of benzene rings is 2. The molecule has 0 fully saturated rings. The summed E-state index contributed by atoms with van der Waals surface area (Å²) < 4.78 is 13.4. The van der Waals surface area contributed by atoms with Crippen molar-refractivity contribution >= 4 is 22.2 Å². The molecule has 0 saturated heterocycles. The van der Waals surface area contributed by atoms with Crippen molar-refractivity contribution < 1.29 is 9.47 Å². The molecule has 0 saturated carbocycles. The van der Waals surface area contributed by atoms with E-state index in [9.17, 15) is 4.79 Å². The van der Waals surface area contributed by atoms with Crippen molar-refractivity contribution in [1.82, 2.24) is 30.1 Å². The van der Waals surface area contributed by atoms with Crippen LogP contribution in [0.3, 0.4) is 0 Å². The van der Waals surface area contributed by atoms with Crippen molar-refractivity contribution in [3.63, 3.8) is 0 Å². The lowest BCUT2D eigenvalue weighted by atomic mass is 10.1. The molecule has 3 aromatic heterocycles. The first-order valence-electron chi connectivity index (χ1n) is 13.2. The van der Waals surface area contributed by atoms with Crippen LogP contribution in [-0.4, -0.2) is 43.3 Å². The summed E-state index contributed by atoms with van der Waals surface area (Å²) in [5.74, 6) is 2.16. The average Bonchev–Trinajstić information content (AvgIpc) is 3.65. The Hall–Kier alpha value is -4.02. The average molecular weight is 543 g/mol. The molecule has 1 aliphatic rings. The van der Waals surface area contributed by atoms with Gasteiger partial charge in [-0.15, -0.1) is 16.4 Å². The van der Waals surface area contributed by atoms with E-state index in [0.717, 1.165) is 29.6 Å². The molecule has 39 heavy (non-hydrogen) atoms. The number of ether oxygens (including phenoxy) is 2. The first-order chi connectivity index (χ1) is 19.2. The van der Waals surface area contributed by atoms with Gasteiger partial charge in [-0.1, -0.05) is 43.3 Å². The van der Waals surface area contributed by atoms with Crippen LogP contribution in [0.1, 0.15) is 41.2 Å². The second-order valence-electron chi connectivity index (χ2n) is 9.61. The minimum Gasteiger partial charge on any atom is -0.486 e. The van der Waals surface area contributed by atoms with E-state index in [4.69, 9.17) is 9.47 Å². The molecule has 0 spiro atoms. The van der Waals surface area contributed by atoms with E-state index in [0.29, 0.717) is 49.9 Å². The molecular weight excluding hydrogens is 512 g/mol. The number of aromatic amines is 1. The van der Waals surface area contributed by atoms with Gasteiger partial charge in [-0.05, 0) is 52.4 Å². The van der Waals surface area contributed by atoms with Crippen LogP contribution in [0, 0.1) is 0 Å². The van der Waals surface area contributed by atoms with Crippen molar-refractivity contribution in [3.8, 4) is 11.5 Å². The monoisotopic (exact) mass is 542 g/mol. The van der Waals surface area contributed by atoms with Gasteiger partial charge in [-0.2, -0.15) is 0 Å². The Balaban J connectivity index is 1.31. The molecule has 6 rings (SSSR count). The Bertz CT molecular complexity index is 1600. The van der Waals surface area contributed by atoms with Crippen LogP contribution in [0.15, 0.2) is 70.8 Å². The third kappa shape index (κ3) is 5.57. The molecule has 4 heterocycles. The Kier molecular flexibility index (Phi) is 7.38. The molecule has 9 nitrogen and oxygen atoms in total. The fraction of sp³-hybridized carbons (Fsp3) is 0.310. The number of aryl methyl sites for hydroxylation is 2. The number of fused-ring (bicyclic) bond motifs is 2. The van der Waals surface area contributed by atoms with Gasteiger partial charge in [0.2, 0.25) is 0 Å². The number of hydrogen-bond donors (Lipinski definition) is 1. The zero-order valence-corrected chi connectivity index (χ0v) is 22.6. The third-order valence-corrected chi connectivity index (χ3v) is 7.90. The largest absolute Gasteiger partial charge is 0.486 e. The van der Waals surface area contributed by atoms with Gasteiger partial charge in [0.05, 0.1) is 11.6 Å². The predicted octanol–water partition coefficient (Wildman–Crippen LogP) is 4.74. The van der Waals surface area contributed by atoms with E-state index < -0.39 is 0 Å². The van der Waals surface area contributed by atoms with Gasteiger partial charge in [-0.25, -0.2) is 4.68 Å². The first-order valence-corrected chi connectivity index (χ1v) is 14.1. The van der Waals surface area contributed by atoms with Crippen LogP contribution >= 0.6 is 11.3 Å². The Morgan fingerprint density at radius 2 is 1.87 bits per heavy atom. The molecule has 0 unspecified atom stereocenters. The maximum Gasteiger partial charge on any atom is 0.252 e. The molecule has 1 N–H and O–H groups in total. The van der Waals surface area contributed by atoms with Crippen LogP contribution < -0.4 is 15.0 Å². The van der Waals surface area contributed by atoms with Crippen LogP contribution in [0.5, 0.6) is 11.5 Å². The standard InChI is InChI=1S/C29H30N6O3S/c1-2-25(28-31-32-33-35(28)11-10-20-7-4-3-5-8-20)34(19-23-9-6-14-39-23)18-22-15-21-16-26-27(38-13-12-37-26)17-24(21)30-29(22)36/h3-9,14-17,25H,2,10-13,18-19H2,1H3,(H,30,36)/t25-/m0/s1. The van der Waals surface area contributed by atoms with Gasteiger partial charge < -0.3 is 14.5 Å². The van der Waals surface area contributed by atoms with Gasteiger partial charge in [0.1, 0.15) is 13.2 Å². The summed E-state index contributed by atoms with van der Waals surface area (Å²) in [7, 11) is 0. The minimum absolute atomic E-state index is 0.0757. The van der Waals surface area contributed by atoms with Crippen molar-refractivity contribution in [3.05, 3.63) is 98.2 Å². The SMILES string of the molecule is CC[C@@H](c1nnnn1CCc1ccccc1)N(Cc1cccs1)Cc1cc2cc3c(cc2[nH]c1=O)OCCO3. The second-order valence-corrected chi connectivity index (χ2v) is 10.6. The molecule has 5 aromatic rings. The van der Waals surface area contributed by atoms with E-state index in [2.05, 4.69) is 62.0 Å². The van der Waals surface area contributed by atoms with Gasteiger partial charge in [0, 0.05) is 41.5 Å². The number of tetrazole rings is 1. The number of aromatic nitrogens is 5. The summed E-state index contributed by atoms with van der Waals surface area (Å²) in [6, 6.07) is 20.2. The van der Waals surface area contributed by atoms with Gasteiger partial charge >= 0.3 is 0 Å². The molecule has 10 heteroatoms. The van der Waals surface area contributed by atoms with Gasteiger partial charge in [-0.3, -0.25) is 9.69 Å². The lowest BCUT2D eigenvalue weighted by Gasteiger charge is -2.30. The van der Waals surface area contributed by atoms with Crippen molar-refractivity contribution in [2.75, 3.05) is 13.2 Å². The summed E-state index contributed by atoms with van der Waals surface area (Å²) in [6.45, 7) is 4.96. The molecule has 2 aromatic carbocycles. The highest BCUT2D eigenvalue weighted by atomic mass is 32.1. The van der Waals surface area contributed by atoms with Crippen molar-refractivity contribution in [2.45, 2.75) is 45.4 Å². The lowest BCUT2D eigenvalue weighted by Crippen LogP contribution is -2.32.